The van der Waals surface area contributed by atoms with E-state index in [0.29, 0.717) is 11.3 Å². The number of alkyl halides is 3. The van der Waals surface area contributed by atoms with E-state index in [1.807, 2.05) is 0 Å². The fourth-order valence-corrected chi connectivity index (χ4v) is 2.31. The molecule has 0 unspecified atom stereocenters. The van der Waals surface area contributed by atoms with E-state index in [-0.39, 0.29) is 11.4 Å². The van der Waals surface area contributed by atoms with Gasteiger partial charge in [0.1, 0.15) is 10.6 Å². The number of anilines is 1. The zero-order chi connectivity index (χ0) is 17.2. The van der Waals surface area contributed by atoms with Crippen LogP contribution in [0.4, 0.5) is 18.9 Å². The van der Waals surface area contributed by atoms with E-state index in [2.05, 4.69) is 15.3 Å². The quantitative estimate of drug-likeness (QED) is 0.928. The van der Waals surface area contributed by atoms with Gasteiger partial charge >= 0.3 is 6.18 Å². The molecule has 0 aliphatic rings. The Morgan fingerprint density at radius 1 is 1.26 bits per heavy atom. The van der Waals surface area contributed by atoms with E-state index in [0.717, 1.165) is 5.51 Å². The topological polar surface area (TPSA) is 75.2 Å². The minimum Gasteiger partial charge on any atom is -0.343 e. The van der Waals surface area contributed by atoms with E-state index in [4.69, 9.17) is 0 Å². The Kier molecular flexibility index (Phi) is 4.64. The maximum atomic E-state index is 12.8. The predicted molar refractivity (Wildman–Crippen MR) is 77.3 cm³/mol. The maximum absolute atomic E-state index is 12.8. The van der Waals surface area contributed by atoms with Crippen LogP contribution >= 0.6 is 11.3 Å². The van der Waals surface area contributed by atoms with Crippen LogP contribution in [0.1, 0.15) is 25.9 Å². The summed E-state index contributed by atoms with van der Waals surface area (Å²) < 4.78 is 38.3. The van der Waals surface area contributed by atoms with Gasteiger partial charge in [0.05, 0.1) is 5.51 Å². The van der Waals surface area contributed by atoms with Gasteiger partial charge in [-0.15, -0.1) is 11.3 Å². The minimum atomic E-state index is -4.65. The first-order valence-electron chi connectivity index (χ1n) is 6.20. The Morgan fingerprint density at radius 2 is 1.96 bits per heavy atom. The number of aromatic nitrogens is 2. The molecule has 0 aliphatic carbocycles. The molecule has 2 heterocycles. The molecule has 6 nitrogen and oxygen atoms in total. The molecule has 2 rings (SSSR count). The van der Waals surface area contributed by atoms with Gasteiger partial charge in [0.25, 0.3) is 11.8 Å². The summed E-state index contributed by atoms with van der Waals surface area (Å²) in [5, 5.41) is 2.29. The third kappa shape index (κ3) is 3.83. The fourth-order valence-electron chi connectivity index (χ4n) is 1.65. The molecule has 0 bridgehead atoms. The van der Waals surface area contributed by atoms with Gasteiger partial charge in [-0.3, -0.25) is 14.6 Å². The van der Waals surface area contributed by atoms with Crippen LogP contribution in [0, 0.1) is 0 Å². The summed E-state index contributed by atoms with van der Waals surface area (Å²) in [5.74, 6) is -1.40. The van der Waals surface area contributed by atoms with Crippen molar-refractivity contribution in [2.75, 3.05) is 19.4 Å². The predicted octanol–water partition coefficient (Wildman–Crippen LogP) is 2.51. The largest absolute Gasteiger partial charge is 0.427 e. The second-order valence-corrected chi connectivity index (χ2v) is 5.47. The van der Waals surface area contributed by atoms with Gasteiger partial charge in [-0.05, 0) is 12.1 Å². The number of carbonyl (C=O) groups is 2. The molecule has 2 amide bonds. The highest BCUT2D eigenvalue weighted by Gasteiger charge is 2.38. The second kappa shape index (κ2) is 6.32. The van der Waals surface area contributed by atoms with E-state index in [1.54, 1.807) is 0 Å². The van der Waals surface area contributed by atoms with Crippen LogP contribution in [0.3, 0.4) is 0 Å². The number of amides is 2. The molecule has 2 aromatic rings. The molecule has 0 saturated carbocycles. The summed E-state index contributed by atoms with van der Waals surface area (Å²) in [6, 6.07) is 2.64. The number of rotatable bonds is 3. The Labute approximate surface area is 133 Å². The first-order valence-corrected chi connectivity index (χ1v) is 7.08. The van der Waals surface area contributed by atoms with Gasteiger partial charge in [-0.25, -0.2) is 4.98 Å². The first-order chi connectivity index (χ1) is 10.7. The summed E-state index contributed by atoms with van der Waals surface area (Å²) in [6.07, 6.45) is -3.38. The highest BCUT2D eigenvalue weighted by atomic mass is 32.1. The van der Waals surface area contributed by atoms with Crippen LogP contribution in [0.15, 0.2) is 23.8 Å². The molecular formula is C13H11F3N4O2S. The van der Waals surface area contributed by atoms with Crippen LogP contribution in [0.25, 0.3) is 0 Å². The molecule has 10 heteroatoms. The maximum Gasteiger partial charge on any atom is 0.427 e. The third-order valence-electron chi connectivity index (χ3n) is 2.68. The van der Waals surface area contributed by atoms with Gasteiger partial charge in [0.15, 0.2) is 5.69 Å². The fraction of sp³-hybridized carbons (Fsp3) is 0.231. The molecular weight excluding hydrogens is 333 g/mol. The lowest BCUT2D eigenvalue weighted by Gasteiger charge is -2.11. The Balaban J connectivity index is 2.23. The number of hydrogen-bond acceptors (Lipinski definition) is 5. The van der Waals surface area contributed by atoms with Gasteiger partial charge in [-0.2, -0.15) is 13.2 Å². The van der Waals surface area contributed by atoms with Crippen molar-refractivity contribution in [1.82, 2.24) is 14.9 Å². The number of nitrogens with one attached hydrogen (secondary N) is 1. The molecule has 0 spiro atoms. The van der Waals surface area contributed by atoms with Crippen molar-refractivity contribution >= 4 is 28.8 Å². The Bertz CT molecular complexity index is 743. The number of carbonyl (C=O) groups excluding carboxylic acids is 2. The van der Waals surface area contributed by atoms with Crippen molar-refractivity contribution in [1.29, 1.82) is 0 Å². The van der Waals surface area contributed by atoms with Crippen molar-refractivity contribution in [3.05, 3.63) is 40.1 Å². The van der Waals surface area contributed by atoms with E-state index in [1.165, 1.54) is 37.3 Å². The van der Waals surface area contributed by atoms with Crippen molar-refractivity contribution in [3.63, 3.8) is 0 Å². The summed E-state index contributed by atoms with van der Waals surface area (Å²) in [5.41, 5.74) is 0.448. The van der Waals surface area contributed by atoms with E-state index < -0.39 is 28.6 Å². The van der Waals surface area contributed by atoms with Gasteiger partial charge in [0, 0.05) is 26.0 Å². The molecule has 0 aromatic carbocycles. The highest BCUT2D eigenvalue weighted by Crippen LogP contribution is 2.34. The lowest BCUT2D eigenvalue weighted by molar-refractivity contribution is -0.134. The lowest BCUT2D eigenvalue weighted by Crippen LogP contribution is -2.23. The Morgan fingerprint density at radius 3 is 2.57 bits per heavy atom. The number of thiazole rings is 1. The van der Waals surface area contributed by atoms with Gasteiger partial charge < -0.3 is 10.2 Å². The molecule has 0 saturated heterocycles. The molecule has 0 fully saturated rings. The van der Waals surface area contributed by atoms with Gasteiger partial charge in [0.2, 0.25) is 0 Å². The smallest absolute Gasteiger partial charge is 0.343 e. The lowest BCUT2D eigenvalue weighted by atomic mass is 10.2. The summed E-state index contributed by atoms with van der Waals surface area (Å²) in [4.78, 5) is 31.3. The number of halogens is 3. The van der Waals surface area contributed by atoms with Crippen LogP contribution in [0.2, 0.25) is 0 Å². The average Bonchev–Trinajstić information content (AvgIpc) is 2.96. The normalized spacial score (nSPS) is 11.2. The monoisotopic (exact) mass is 344 g/mol. The zero-order valence-corrected chi connectivity index (χ0v) is 12.8. The molecule has 1 N–H and O–H groups in total. The number of hydrogen-bond donors (Lipinski definition) is 1. The molecule has 2 aromatic heterocycles. The van der Waals surface area contributed by atoms with E-state index >= 15 is 0 Å². The van der Waals surface area contributed by atoms with Crippen LogP contribution in [-0.4, -0.2) is 40.8 Å². The Hall–Kier alpha value is -2.49. The second-order valence-electron chi connectivity index (χ2n) is 4.61. The van der Waals surface area contributed by atoms with Crippen LogP contribution in [0.5, 0.6) is 0 Å². The minimum absolute atomic E-state index is 0.0575. The summed E-state index contributed by atoms with van der Waals surface area (Å²) in [7, 11) is 3.06. The van der Waals surface area contributed by atoms with Crippen molar-refractivity contribution < 1.29 is 22.8 Å². The standard InChI is InChI=1S/C13H11F3N4O2S/c1-20(2)12(22)8-5-7(3-4-17-8)19-11(21)9-10(13(14,15)16)23-6-18-9/h3-6H,1-2H3,(H,17,19,21). The average molecular weight is 344 g/mol. The van der Waals surface area contributed by atoms with Crippen molar-refractivity contribution in [2.24, 2.45) is 0 Å². The molecule has 23 heavy (non-hydrogen) atoms. The van der Waals surface area contributed by atoms with Gasteiger partial charge in [-0.1, -0.05) is 0 Å². The summed E-state index contributed by atoms with van der Waals surface area (Å²) in [6.45, 7) is 0. The third-order valence-corrected chi connectivity index (χ3v) is 3.55. The summed E-state index contributed by atoms with van der Waals surface area (Å²) >= 11 is 0.337. The first kappa shape index (κ1) is 16.9. The molecule has 0 aliphatic heterocycles. The molecule has 122 valence electrons. The van der Waals surface area contributed by atoms with E-state index in [9.17, 15) is 22.8 Å². The van der Waals surface area contributed by atoms with Crippen LogP contribution < -0.4 is 5.32 Å². The zero-order valence-electron chi connectivity index (χ0n) is 12.0. The SMILES string of the molecule is CN(C)C(=O)c1cc(NC(=O)c2ncsc2C(F)(F)F)ccn1. The molecule has 0 atom stereocenters. The van der Waals surface area contributed by atoms with Crippen LogP contribution in [-0.2, 0) is 6.18 Å². The number of pyridine rings is 1. The number of nitrogens with zero attached hydrogens (tertiary/aromatic N) is 3. The highest BCUT2D eigenvalue weighted by molar-refractivity contribution is 7.10. The van der Waals surface area contributed by atoms with Crippen molar-refractivity contribution in [3.8, 4) is 0 Å². The van der Waals surface area contributed by atoms with Crippen molar-refractivity contribution in [2.45, 2.75) is 6.18 Å². The molecule has 0 radical (unpaired) electrons.